The average molecular weight is 427 g/mol. The molecular formula is C27H22FNO3. The number of aldehydes is 1. The third-order valence-corrected chi connectivity index (χ3v) is 6.01. The molecule has 1 aliphatic rings. The molecule has 0 saturated heterocycles. The average Bonchev–Trinajstić information content (AvgIpc) is 3.64. The Labute approximate surface area is 184 Å². The molecule has 4 aromatic rings. The van der Waals surface area contributed by atoms with Crippen LogP contribution in [0.1, 0.15) is 40.5 Å². The Hall–Kier alpha value is -3.73. The Morgan fingerprint density at radius 2 is 1.84 bits per heavy atom. The Balaban J connectivity index is 1.59. The molecule has 0 amide bonds. The van der Waals surface area contributed by atoms with Crippen LogP contribution in [0.2, 0.25) is 0 Å². The molecule has 1 aliphatic carbocycles. The van der Waals surface area contributed by atoms with Crippen LogP contribution in [-0.4, -0.2) is 10.9 Å². The highest BCUT2D eigenvalue weighted by Gasteiger charge is 2.28. The second kappa shape index (κ2) is 8.08. The molecule has 4 nitrogen and oxygen atoms in total. The van der Waals surface area contributed by atoms with Crippen molar-refractivity contribution in [3.8, 4) is 16.9 Å². The number of fused-ring (bicyclic) bond motifs is 1. The fourth-order valence-corrected chi connectivity index (χ4v) is 4.22. The summed E-state index contributed by atoms with van der Waals surface area (Å²) in [6.45, 7) is 2.20. The van der Waals surface area contributed by atoms with Crippen LogP contribution in [0.5, 0.6) is 5.75 Å². The molecule has 1 saturated carbocycles. The second-order valence-corrected chi connectivity index (χ2v) is 8.20. The summed E-state index contributed by atoms with van der Waals surface area (Å²) >= 11 is 0. The van der Waals surface area contributed by atoms with Crippen LogP contribution in [0, 0.1) is 12.7 Å². The zero-order valence-electron chi connectivity index (χ0n) is 17.7. The van der Waals surface area contributed by atoms with E-state index < -0.39 is 11.2 Å². The predicted octanol–water partition coefficient (Wildman–Crippen LogP) is 5.84. The molecule has 0 aliphatic heterocycles. The van der Waals surface area contributed by atoms with Crippen molar-refractivity contribution < 1.29 is 13.9 Å². The van der Waals surface area contributed by atoms with Gasteiger partial charge in [-0.2, -0.15) is 0 Å². The molecule has 0 N–H and O–H groups in total. The van der Waals surface area contributed by atoms with Crippen LogP contribution in [0.25, 0.3) is 22.0 Å². The molecule has 32 heavy (non-hydrogen) atoms. The van der Waals surface area contributed by atoms with Gasteiger partial charge in [0.05, 0.1) is 11.1 Å². The van der Waals surface area contributed by atoms with Crippen molar-refractivity contribution in [1.29, 1.82) is 0 Å². The van der Waals surface area contributed by atoms with E-state index in [4.69, 9.17) is 4.74 Å². The maximum absolute atomic E-state index is 15.2. The minimum Gasteiger partial charge on any atom is -0.489 e. The molecule has 0 bridgehead atoms. The minimum absolute atomic E-state index is 0.104. The summed E-state index contributed by atoms with van der Waals surface area (Å²) in [5.41, 5.74) is 3.09. The molecule has 3 aromatic carbocycles. The number of pyridine rings is 1. The first-order chi connectivity index (χ1) is 15.6. The maximum Gasteiger partial charge on any atom is 0.200 e. The number of aromatic nitrogens is 1. The number of hydrogen-bond acceptors (Lipinski definition) is 3. The van der Waals surface area contributed by atoms with Crippen molar-refractivity contribution in [2.45, 2.75) is 32.4 Å². The number of hydrogen-bond donors (Lipinski definition) is 0. The van der Waals surface area contributed by atoms with Crippen molar-refractivity contribution in [3.63, 3.8) is 0 Å². The molecule has 0 spiro atoms. The van der Waals surface area contributed by atoms with E-state index in [9.17, 15) is 9.59 Å². The Kier molecular flexibility index (Phi) is 5.10. The molecule has 0 unspecified atom stereocenters. The molecular weight excluding hydrogens is 405 g/mol. The van der Waals surface area contributed by atoms with Crippen molar-refractivity contribution in [1.82, 2.24) is 4.57 Å². The Morgan fingerprint density at radius 1 is 1.06 bits per heavy atom. The summed E-state index contributed by atoms with van der Waals surface area (Å²) in [4.78, 5) is 24.4. The lowest BCUT2D eigenvalue weighted by Crippen LogP contribution is -2.18. The van der Waals surface area contributed by atoms with E-state index in [1.54, 1.807) is 19.1 Å². The molecule has 1 heterocycles. The summed E-state index contributed by atoms with van der Waals surface area (Å²) < 4.78 is 23.1. The molecule has 160 valence electrons. The standard InChI is InChI=1S/C27H22FNO3/c1-17-24(15-30)27(31)23-13-25(28)22(14-26(23)29(17)20-10-11-20)19-8-5-9-21(12-19)32-16-18-6-3-2-4-7-18/h2-9,12-15,20H,10-11,16H2,1H3. The van der Waals surface area contributed by atoms with Gasteiger partial charge in [-0.1, -0.05) is 42.5 Å². The van der Waals surface area contributed by atoms with Gasteiger partial charge >= 0.3 is 0 Å². The number of ether oxygens (including phenoxy) is 1. The van der Waals surface area contributed by atoms with E-state index in [1.165, 1.54) is 6.07 Å². The van der Waals surface area contributed by atoms with E-state index >= 15 is 4.39 Å². The third kappa shape index (κ3) is 3.60. The predicted molar refractivity (Wildman–Crippen MR) is 123 cm³/mol. The van der Waals surface area contributed by atoms with Gasteiger partial charge < -0.3 is 9.30 Å². The maximum atomic E-state index is 15.2. The summed E-state index contributed by atoms with van der Waals surface area (Å²) in [5.74, 6) is 0.135. The summed E-state index contributed by atoms with van der Waals surface area (Å²) in [5, 5.41) is 0.238. The van der Waals surface area contributed by atoms with E-state index in [-0.39, 0.29) is 17.0 Å². The second-order valence-electron chi connectivity index (χ2n) is 8.20. The number of carbonyl (C=O) groups is 1. The van der Waals surface area contributed by atoms with Gasteiger partial charge in [0, 0.05) is 22.7 Å². The van der Waals surface area contributed by atoms with Gasteiger partial charge in [0.15, 0.2) is 11.7 Å². The first kappa shape index (κ1) is 20.2. The van der Waals surface area contributed by atoms with Crippen LogP contribution in [-0.2, 0) is 6.61 Å². The highest BCUT2D eigenvalue weighted by Crippen LogP contribution is 2.39. The normalized spacial score (nSPS) is 13.3. The van der Waals surface area contributed by atoms with Gasteiger partial charge in [-0.3, -0.25) is 9.59 Å². The molecule has 1 fully saturated rings. The monoisotopic (exact) mass is 427 g/mol. The van der Waals surface area contributed by atoms with Gasteiger partial charge in [-0.05, 0) is 55.2 Å². The fraction of sp³-hybridized carbons (Fsp3) is 0.185. The summed E-state index contributed by atoms with van der Waals surface area (Å²) in [6.07, 6.45) is 2.54. The lowest BCUT2D eigenvalue weighted by molar-refractivity contribution is 0.112. The number of benzene rings is 3. The summed E-state index contributed by atoms with van der Waals surface area (Å²) in [7, 11) is 0. The van der Waals surface area contributed by atoms with Crippen LogP contribution in [0.3, 0.4) is 0 Å². The van der Waals surface area contributed by atoms with E-state index in [1.807, 2.05) is 53.1 Å². The zero-order valence-corrected chi connectivity index (χ0v) is 17.7. The lowest BCUT2D eigenvalue weighted by atomic mass is 10.0. The van der Waals surface area contributed by atoms with Crippen LogP contribution in [0.4, 0.5) is 4.39 Å². The Bertz CT molecular complexity index is 1390. The van der Waals surface area contributed by atoms with Gasteiger partial charge in [-0.15, -0.1) is 0 Å². The van der Waals surface area contributed by atoms with Crippen LogP contribution >= 0.6 is 0 Å². The van der Waals surface area contributed by atoms with E-state index in [0.717, 1.165) is 18.4 Å². The third-order valence-electron chi connectivity index (χ3n) is 6.01. The highest BCUT2D eigenvalue weighted by atomic mass is 19.1. The largest absolute Gasteiger partial charge is 0.489 e. The molecule has 5 heteroatoms. The number of carbonyl (C=O) groups excluding carboxylic acids is 1. The van der Waals surface area contributed by atoms with Crippen molar-refractivity contribution in [2.75, 3.05) is 0 Å². The van der Waals surface area contributed by atoms with Gasteiger partial charge in [0.25, 0.3) is 0 Å². The first-order valence-electron chi connectivity index (χ1n) is 10.7. The molecule has 0 radical (unpaired) electrons. The number of rotatable bonds is 6. The van der Waals surface area contributed by atoms with Crippen LogP contribution in [0.15, 0.2) is 71.5 Å². The molecule has 1 aromatic heterocycles. The van der Waals surface area contributed by atoms with Gasteiger partial charge in [0.1, 0.15) is 18.2 Å². The number of nitrogens with zero attached hydrogens (tertiary/aromatic N) is 1. The molecule has 0 atom stereocenters. The lowest BCUT2D eigenvalue weighted by Gasteiger charge is -2.17. The van der Waals surface area contributed by atoms with Crippen molar-refractivity contribution >= 4 is 17.2 Å². The Morgan fingerprint density at radius 3 is 2.56 bits per heavy atom. The highest BCUT2D eigenvalue weighted by molar-refractivity contribution is 5.90. The van der Waals surface area contributed by atoms with E-state index in [0.29, 0.717) is 41.0 Å². The van der Waals surface area contributed by atoms with Crippen molar-refractivity contribution in [2.24, 2.45) is 0 Å². The zero-order chi connectivity index (χ0) is 22.2. The topological polar surface area (TPSA) is 48.3 Å². The molecule has 5 rings (SSSR count). The van der Waals surface area contributed by atoms with Gasteiger partial charge in [0.2, 0.25) is 0 Å². The van der Waals surface area contributed by atoms with Gasteiger partial charge in [-0.25, -0.2) is 4.39 Å². The van der Waals surface area contributed by atoms with Crippen molar-refractivity contribution in [3.05, 3.63) is 99.6 Å². The first-order valence-corrected chi connectivity index (χ1v) is 10.7. The summed E-state index contributed by atoms with van der Waals surface area (Å²) in [6, 6.07) is 20.3. The van der Waals surface area contributed by atoms with E-state index in [2.05, 4.69) is 0 Å². The smallest absolute Gasteiger partial charge is 0.200 e. The fourth-order valence-electron chi connectivity index (χ4n) is 4.22. The quantitative estimate of drug-likeness (QED) is 0.363. The van der Waals surface area contributed by atoms with Crippen LogP contribution < -0.4 is 10.2 Å². The SMILES string of the molecule is Cc1c(C=O)c(=O)c2cc(F)c(-c3cccc(OCc4ccccc4)c3)cc2n1C1CC1. The minimum atomic E-state index is -0.502. The number of halogens is 1.